The molecule has 0 atom stereocenters. The Balaban J connectivity index is 2.02. The first-order valence-electron chi connectivity index (χ1n) is 8.07. The first kappa shape index (κ1) is 13.9. The first-order chi connectivity index (χ1) is 12.2. The highest BCUT2D eigenvalue weighted by atomic mass is 16.3. The highest BCUT2D eigenvalue weighted by molar-refractivity contribution is 6.28. The van der Waals surface area contributed by atoms with E-state index in [1.807, 2.05) is 48.5 Å². The van der Waals surface area contributed by atoms with Crippen LogP contribution < -0.4 is 0 Å². The van der Waals surface area contributed by atoms with Gasteiger partial charge in [0.05, 0.1) is 6.26 Å². The van der Waals surface area contributed by atoms with Gasteiger partial charge in [-0.2, -0.15) is 0 Å². The van der Waals surface area contributed by atoms with Crippen LogP contribution in [0.15, 0.2) is 77.4 Å². The maximum Gasteiger partial charge on any atom is 0.143 e. The largest absolute Gasteiger partial charge is 0.508 e. The van der Waals surface area contributed by atoms with Crippen molar-refractivity contribution in [3.63, 3.8) is 0 Å². The Morgan fingerprint density at radius 2 is 1.32 bits per heavy atom. The van der Waals surface area contributed by atoms with E-state index in [4.69, 9.17) is 4.42 Å². The molecule has 0 fully saturated rings. The number of furan rings is 1. The number of hydrogen-bond acceptors (Lipinski definition) is 3. The molecule has 1 heterocycles. The SMILES string of the molecule is Oc1ccc(-c2coc3c4cccc(O)c4c4ccccc4c23)cc1. The van der Waals surface area contributed by atoms with E-state index in [9.17, 15) is 10.2 Å². The minimum atomic E-state index is 0.233. The maximum absolute atomic E-state index is 10.4. The van der Waals surface area contributed by atoms with E-state index in [-0.39, 0.29) is 11.5 Å². The summed E-state index contributed by atoms with van der Waals surface area (Å²) < 4.78 is 5.94. The van der Waals surface area contributed by atoms with Gasteiger partial charge in [0, 0.05) is 21.7 Å². The van der Waals surface area contributed by atoms with Crippen molar-refractivity contribution in [1.82, 2.24) is 0 Å². The van der Waals surface area contributed by atoms with Gasteiger partial charge in [-0.05, 0) is 34.5 Å². The zero-order valence-corrected chi connectivity index (χ0v) is 13.2. The van der Waals surface area contributed by atoms with Gasteiger partial charge in [0.25, 0.3) is 0 Å². The van der Waals surface area contributed by atoms with Gasteiger partial charge in [-0.25, -0.2) is 0 Å². The molecule has 5 aromatic rings. The van der Waals surface area contributed by atoms with Crippen molar-refractivity contribution >= 4 is 32.5 Å². The van der Waals surface area contributed by atoms with E-state index >= 15 is 0 Å². The molecule has 2 N–H and O–H groups in total. The van der Waals surface area contributed by atoms with E-state index in [2.05, 4.69) is 0 Å². The normalized spacial score (nSPS) is 11.5. The molecule has 0 spiro atoms. The lowest BCUT2D eigenvalue weighted by atomic mass is 9.94. The lowest BCUT2D eigenvalue weighted by molar-refractivity contribution is 0.475. The number of rotatable bonds is 1. The third-order valence-electron chi connectivity index (χ3n) is 4.72. The predicted molar refractivity (Wildman–Crippen MR) is 100.0 cm³/mol. The Bertz CT molecular complexity index is 1250. The summed E-state index contributed by atoms with van der Waals surface area (Å²) in [5.41, 5.74) is 2.70. The molecule has 4 aromatic carbocycles. The van der Waals surface area contributed by atoms with Crippen LogP contribution in [0, 0.1) is 0 Å². The Labute approximate surface area is 143 Å². The fourth-order valence-corrected chi connectivity index (χ4v) is 3.61. The minimum Gasteiger partial charge on any atom is -0.508 e. The average Bonchev–Trinajstić information content (AvgIpc) is 3.08. The second kappa shape index (κ2) is 5.02. The van der Waals surface area contributed by atoms with Gasteiger partial charge in [0.2, 0.25) is 0 Å². The van der Waals surface area contributed by atoms with Crippen LogP contribution in [0.2, 0.25) is 0 Å². The summed E-state index contributed by atoms with van der Waals surface area (Å²) in [4.78, 5) is 0. The molecule has 120 valence electrons. The van der Waals surface area contributed by atoms with Crippen LogP contribution in [-0.2, 0) is 0 Å². The van der Waals surface area contributed by atoms with E-state index in [1.54, 1.807) is 24.5 Å². The van der Waals surface area contributed by atoms with Gasteiger partial charge in [-0.1, -0.05) is 48.5 Å². The van der Waals surface area contributed by atoms with Crippen LogP contribution in [0.4, 0.5) is 0 Å². The van der Waals surface area contributed by atoms with Gasteiger partial charge < -0.3 is 14.6 Å². The summed E-state index contributed by atoms with van der Waals surface area (Å²) >= 11 is 0. The quantitative estimate of drug-likeness (QED) is 0.382. The Kier molecular flexibility index (Phi) is 2.80. The summed E-state index contributed by atoms with van der Waals surface area (Å²) in [5, 5.41) is 24.7. The predicted octanol–water partition coefficient (Wildman–Crippen LogP) is 5.82. The van der Waals surface area contributed by atoms with E-state index in [0.717, 1.165) is 43.6 Å². The van der Waals surface area contributed by atoms with E-state index in [1.165, 1.54) is 0 Å². The number of aromatic hydroxyl groups is 2. The Morgan fingerprint density at radius 3 is 2.08 bits per heavy atom. The number of phenols is 2. The summed E-state index contributed by atoms with van der Waals surface area (Å²) in [5.74, 6) is 0.481. The van der Waals surface area contributed by atoms with Crippen molar-refractivity contribution in [2.75, 3.05) is 0 Å². The van der Waals surface area contributed by atoms with Crippen molar-refractivity contribution in [1.29, 1.82) is 0 Å². The number of benzene rings is 4. The average molecular weight is 326 g/mol. The zero-order chi connectivity index (χ0) is 17.0. The van der Waals surface area contributed by atoms with Crippen LogP contribution in [0.5, 0.6) is 11.5 Å². The molecule has 0 aliphatic rings. The van der Waals surface area contributed by atoms with Gasteiger partial charge in [0.15, 0.2) is 0 Å². The highest BCUT2D eigenvalue weighted by Crippen LogP contribution is 2.43. The summed E-state index contributed by atoms with van der Waals surface area (Å²) in [6.07, 6.45) is 1.74. The van der Waals surface area contributed by atoms with Crippen LogP contribution in [0.25, 0.3) is 43.6 Å². The van der Waals surface area contributed by atoms with Crippen LogP contribution in [0.1, 0.15) is 0 Å². The van der Waals surface area contributed by atoms with E-state index < -0.39 is 0 Å². The molecule has 0 radical (unpaired) electrons. The Morgan fingerprint density at radius 1 is 0.640 bits per heavy atom. The summed E-state index contributed by atoms with van der Waals surface area (Å²) in [7, 11) is 0. The molecule has 1 aromatic heterocycles. The van der Waals surface area contributed by atoms with Crippen molar-refractivity contribution in [2.24, 2.45) is 0 Å². The topological polar surface area (TPSA) is 53.6 Å². The molecular weight excluding hydrogens is 312 g/mol. The monoisotopic (exact) mass is 326 g/mol. The number of fused-ring (bicyclic) bond motifs is 6. The molecule has 3 heteroatoms. The molecule has 0 saturated heterocycles. The van der Waals surface area contributed by atoms with Crippen molar-refractivity contribution in [2.45, 2.75) is 0 Å². The van der Waals surface area contributed by atoms with Crippen LogP contribution >= 0.6 is 0 Å². The highest BCUT2D eigenvalue weighted by Gasteiger charge is 2.17. The van der Waals surface area contributed by atoms with Crippen LogP contribution in [0.3, 0.4) is 0 Å². The molecule has 0 aliphatic heterocycles. The number of phenolic OH excluding ortho intramolecular Hbond substituents is 2. The first-order valence-corrected chi connectivity index (χ1v) is 8.07. The molecule has 0 saturated carbocycles. The molecule has 3 nitrogen and oxygen atoms in total. The smallest absolute Gasteiger partial charge is 0.143 e. The van der Waals surface area contributed by atoms with Gasteiger partial charge >= 0.3 is 0 Å². The lowest BCUT2D eigenvalue weighted by Crippen LogP contribution is -1.83. The molecule has 0 aliphatic carbocycles. The Hall–Kier alpha value is -3.46. The third-order valence-corrected chi connectivity index (χ3v) is 4.72. The summed E-state index contributed by atoms with van der Waals surface area (Å²) in [6.45, 7) is 0. The molecule has 0 bridgehead atoms. The standard InChI is InChI=1S/C22H14O3/c23-14-10-8-13(9-11-14)18-12-25-22-17-6-3-7-19(24)20(17)15-4-1-2-5-16(15)21(18)22/h1-12,23-24H. The van der Waals surface area contributed by atoms with E-state index in [0.29, 0.717) is 0 Å². The van der Waals surface area contributed by atoms with Gasteiger partial charge in [-0.15, -0.1) is 0 Å². The third kappa shape index (κ3) is 1.93. The molecule has 0 amide bonds. The minimum absolute atomic E-state index is 0.233. The molecule has 0 unspecified atom stereocenters. The van der Waals surface area contributed by atoms with Gasteiger partial charge in [-0.3, -0.25) is 0 Å². The van der Waals surface area contributed by atoms with Crippen molar-refractivity contribution in [3.05, 3.63) is 73.0 Å². The molecule has 25 heavy (non-hydrogen) atoms. The number of hydrogen-bond donors (Lipinski definition) is 2. The van der Waals surface area contributed by atoms with Crippen LogP contribution in [-0.4, -0.2) is 10.2 Å². The summed E-state index contributed by atoms with van der Waals surface area (Å²) in [6, 6.07) is 20.6. The van der Waals surface area contributed by atoms with Crippen molar-refractivity contribution in [3.8, 4) is 22.6 Å². The fourth-order valence-electron chi connectivity index (χ4n) is 3.61. The second-order valence-electron chi connectivity index (χ2n) is 6.15. The fraction of sp³-hybridized carbons (Fsp3) is 0. The zero-order valence-electron chi connectivity index (χ0n) is 13.2. The maximum atomic E-state index is 10.4. The lowest BCUT2D eigenvalue weighted by Gasteiger charge is -2.09. The van der Waals surface area contributed by atoms with Gasteiger partial charge in [0.1, 0.15) is 17.1 Å². The second-order valence-corrected chi connectivity index (χ2v) is 6.15. The van der Waals surface area contributed by atoms with Crippen molar-refractivity contribution < 1.29 is 14.6 Å². The molecule has 5 rings (SSSR count). The molecular formula is C22H14O3.